The summed E-state index contributed by atoms with van der Waals surface area (Å²) in [4.78, 5) is 25.2. The highest BCUT2D eigenvalue weighted by Gasteiger charge is 2.36. The largest absolute Gasteiger partial charge is 0.497 e. The van der Waals surface area contributed by atoms with E-state index in [1.54, 1.807) is 7.11 Å². The van der Waals surface area contributed by atoms with E-state index in [-0.39, 0.29) is 18.9 Å². The number of hydrogen-bond acceptors (Lipinski definition) is 5. The normalized spacial score (nSPS) is 12.9. The van der Waals surface area contributed by atoms with Gasteiger partial charge in [0.1, 0.15) is 18.4 Å². The number of alkyl carbamates (subject to hydrolysis) is 1. The first-order valence-corrected chi connectivity index (χ1v) is 15.9. The summed E-state index contributed by atoms with van der Waals surface area (Å²) in [6.07, 6.45) is -0.0409. The number of ether oxygens (including phenoxy) is 2. The standard InChI is InChI=1S/C40H38N2O5/c1-46-31-24-22-30(23-25-31)40(28-13-4-2-5-14-28,29-15-6-3-7-16-29)41-26-12-21-37(38(43)44)42-39(45)47-27-36-34-19-10-8-17-32(34)33-18-9-11-20-35(33)36/h2-11,13-20,22-25,36-37,41H,12,21,26-27H2,1H3,(H,42,45)(H,43,44). The lowest BCUT2D eigenvalue weighted by Gasteiger charge is -2.37. The number of fused-ring (bicyclic) bond motifs is 3. The molecular weight excluding hydrogens is 588 g/mol. The molecule has 0 heterocycles. The van der Waals surface area contributed by atoms with Crippen molar-refractivity contribution in [3.63, 3.8) is 0 Å². The van der Waals surface area contributed by atoms with Gasteiger partial charge in [0.2, 0.25) is 0 Å². The number of carboxylic acid groups (broad SMARTS) is 1. The Hall–Kier alpha value is -5.40. The number of rotatable bonds is 13. The number of carboxylic acids is 1. The first kappa shape index (κ1) is 31.6. The molecule has 7 heteroatoms. The van der Waals surface area contributed by atoms with Gasteiger partial charge in [-0.3, -0.25) is 5.32 Å². The molecule has 7 nitrogen and oxygen atoms in total. The number of carbonyl (C=O) groups is 2. The molecule has 47 heavy (non-hydrogen) atoms. The van der Waals surface area contributed by atoms with Crippen LogP contribution in [0.25, 0.3) is 11.1 Å². The Bertz CT molecular complexity index is 1720. The predicted octanol–water partition coefficient (Wildman–Crippen LogP) is 7.35. The van der Waals surface area contributed by atoms with Crippen LogP contribution >= 0.6 is 0 Å². The van der Waals surface area contributed by atoms with Crippen LogP contribution in [0, 0.1) is 0 Å². The number of carbonyl (C=O) groups excluding carboxylic acids is 1. The molecule has 5 aromatic rings. The van der Waals surface area contributed by atoms with Crippen molar-refractivity contribution in [3.05, 3.63) is 161 Å². The van der Waals surface area contributed by atoms with Crippen molar-refractivity contribution in [2.24, 2.45) is 0 Å². The van der Waals surface area contributed by atoms with Crippen molar-refractivity contribution in [1.82, 2.24) is 10.6 Å². The van der Waals surface area contributed by atoms with Crippen molar-refractivity contribution in [2.45, 2.75) is 30.3 Å². The van der Waals surface area contributed by atoms with Crippen molar-refractivity contribution >= 4 is 12.1 Å². The molecule has 1 aliphatic carbocycles. The molecule has 1 aliphatic rings. The zero-order valence-electron chi connectivity index (χ0n) is 26.3. The smallest absolute Gasteiger partial charge is 0.407 e. The van der Waals surface area contributed by atoms with Crippen LogP contribution < -0.4 is 15.4 Å². The topological polar surface area (TPSA) is 96.9 Å². The highest BCUT2D eigenvalue weighted by atomic mass is 16.5. The maximum absolute atomic E-state index is 12.9. The molecule has 5 aromatic carbocycles. The second-order valence-electron chi connectivity index (χ2n) is 11.6. The van der Waals surface area contributed by atoms with Gasteiger partial charge < -0.3 is 19.9 Å². The monoisotopic (exact) mass is 626 g/mol. The maximum atomic E-state index is 12.9. The molecular formula is C40H38N2O5. The van der Waals surface area contributed by atoms with Gasteiger partial charge in [-0.1, -0.05) is 121 Å². The minimum Gasteiger partial charge on any atom is -0.497 e. The van der Waals surface area contributed by atoms with Crippen molar-refractivity contribution in [1.29, 1.82) is 0 Å². The number of amides is 1. The van der Waals surface area contributed by atoms with Crippen LogP contribution in [0.15, 0.2) is 133 Å². The molecule has 0 spiro atoms. The summed E-state index contributed by atoms with van der Waals surface area (Å²) in [5.41, 5.74) is 6.84. The third kappa shape index (κ3) is 6.62. The molecule has 6 rings (SSSR count). The first-order chi connectivity index (χ1) is 23.0. The van der Waals surface area contributed by atoms with Gasteiger partial charge in [-0.2, -0.15) is 0 Å². The van der Waals surface area contributed by atoms with E-state index < -0.39 is 23.6 Å². The minimum absolute atomic E-state index is 0.109. The third-order valence-electron chi connectivity index (χ3n) is 8.93. The average Bonchev–Trinajstić information content (AvgIpc) is 3.44. The van der Waals surface area contributed by atoms with Gasteiger partial charge in [0.25, 0.3) is 0 Å². The van der Waals surface area contributed by atoms with Gasteiger partial charge in [0, 0.05) is 5.92 Å². The Morgan fingerprint density at radius 3 is 1.77 bits per heavy atom. The van der Waals surface area contributed by atoms with Gasteiger partial charge in [-0.25, -0.2) is 9.59 Å². The Balaban J connectivity index is 1.14. The lowest BCUT2D eigenvalue weighted by Crippen LogP contribution is -2.46. The second-order valence-corrected chi connectivity index (χ2v) is 11.6. The van der Waals surface area contributed by atoms with E-state index in [4.69, 9.17) is 9.47 Å². The molecule has 0 fully saturated rings. The number of nitrogens with one attached hydrogen (secondary N) is 2. The van der Waals surface area contributed by atoms with Crippen LogP contribution in [0.5, 0.6) is 5.75 Å². The molecule has 1 amide bonds. The van der Waals surface area contributed by atoms with Gasteiger partial charge in [-0.15, -0.1) is 0 Å². The molecule has 0 aliphatic heterocycles. The Labute approximate surface area is 275 Å². The fraction of sp³-hybridized carbons (Fsp3) is 0.200. The molecule has 0 bridgehead atoms. The predicted molar refractivity (Wildman–Crippen MR) is 183 cm³/mol. The fourth-order valence-corrected chi connectivity index (χ4v) is 6.65. The summed E-state index contributed by atoms with van der Waals surface area (Å²) in [5, 5.41) is 16.4. The average molecular weight is 627 g/mol. The molecule has 0 saturated carbocycles. The number of hydrogen-bond donors (Lipinski definition) is 3. The quantitative estimate of drug-likeness (QED) is 0.0935. The second kappa shape index (κ2) is 14.4. The van der Waals surface area contributed by atoms with Gasteiger partial charge in [0.15, 0.2) is 0 Å². The highest BCUT2D eigenvalue weighted by molar-refractivity contribution is 5.81. The van der Waals surface area contributed by atoms with Crippen molar-refractivity contribution < 1.29 is 24.2 Å². The van der Waals surface area contributed by atoms with Crippen LogP contribution in [0.2, 0.25) is 0 Å². The van der Waals surface area contributed by atoms with Crippen LogP contribution in [0.4, 0.5) is 4.79 Å². The van der Waals surface area contributed by atoms with E-state index in [9.17, 15) is 14.7 Å². The van der Waals surface area contributed by atoms with Crippen LogP contribution in [-0.4, -0.2) is 43.5 Å². The van der Waals surface area contributed by atoms with E-state index in [2.05, 4.69) is 47.0 Å². The lowest BCUT2D eigenvalue weighted by molar-refractivity contribution is -0.139. The molecule has 3 N–H and O–H groups in total. The summed E-state index contributed by atoms with van der Waals surface area (Å²) < 4.78 is 11.1. The molecule has 1 unspecified atom stereocenters. The minimum atomic E-state index is -1.11. The van der Waals surface area contributed by atoms with Gasteiger partial charge in [0.05, 0.1) is 12.6 Å². The number of aliphatic carboxylic acids is 1. The first-order valence-electron chi connectivity index (χ1n) is 15.9. The SMILES string of the molecule is COc1ccc(C(NCCCC(NC(=O)OCC2c3ccccc3-c3ccccc32)C(=O)O)(c2ccccc2)c2ccccc2)cc1. The summed E-state index contributed by atoms with van der Waals surface area (Å²) in [6, 6.07) is 43.4. The molecule has 0 saturated heterocycles. The van der Waals surface area contributed by atoms with Crippen LogP contribution in [0.3, 0.4) is 0 Å². The summed E-state index contributed by atoms with van der Waals surface area (Å²) in [7, 11) is 1.64. The van der Waals surface area contributed by atoms with Crippen molar-refractivity contribution in [2.75, 3.05) is 20.3 Å². The number of methoxy groups -OCH3 is 1. The Kier molecular flexibility index (Phi) is 9.64. The zero-order chi connectivity index (χ0) is 32.6. The number of benzene rings is 5. The van der Waals surface area contributed by atoms with E-state index in [0.717, 1.165) is 44.7 Å². The van der Waals surface area contributed by atoms with E-state index in [1.807, 2.05) is 97.1 Å². The highest BCUT2D eigenvalue weighted by Crippen LogP contribution is 2.44. The third-order valence-corrected chi connectivity index (χ3v) is 8.93. The van der Waals surface area contributed by atoms with Gasteiger partial charge >= 0.3 is 12.1 Å². The molecule has 0 aromatic heterocycles. The summed E-state index contributed by atoms with van der Waals surface area (Å²) in [6.45, 7) is 0.595. The summed E-state index contributed by atoms with van der Waals surface area (Å²) in [5.74, 6) is -0.457. The van der Waals surface area contributed by atoms with E-state index in [1.165, 1.54) is 0 Å². The van der Waals surface area contributed by atoms with Crippen LogP contribution in [0.1, 0.15) is 46.6 Å². The lowest BCUT2D eigenvalue weighted by atomic mass is 9.77. The Morgan fingerprint density at radius 2 is 1.23 bits per heavy atom. The fourth-order valence-electron chi connectivity index (χ4n) is 6.65. The zero-order valence-corrected chi connectivity index (χ0v) is 26.3. The van der Waals surface area contributed by atoms with Gasteiger partial charge in [-0.05, 0) is 70.5 Å². The van der Waals surface area contributed by atoms with Crippen LogP contribution in [-0.2, 0) is 15.1 Å². The van der Waals surface area contributed by atoms with E-state index in [0.29, 0.717) is 13.0 Å². The molecule has 238 valence electrons. The molecule has 1 atom stereocenters. The maximum Gasteiger partial charge on any atom is 0.407 e. The molecule has 0 radical (unpaired) electrons. The summed E-state index contributed by atoms with van der Waals surface area (Å²) >= 11 is 0. The van der Waals surface area contributed by atoms with Crippen molar-refractivity contribution in [3.8, 4) is 16.9 Å². The van der Waals surface area contributed by atoms with E-state index >= 15 is 0 Å². The Morgan fingerprint density at radius 1 is 0.723 bits per heavy atom.